The van der Waals surface area contributed by atoms with Crippen LogP contribution in [0.25, 0.3) is 5.52 Å². The second kappa shape index (κ2) is 8.92. The van der Waals surface area contributed by atoms with Gasteiger partial charge in [0, 0.05) is 13.5 Å². The van der Waals surface area contributed by atoms with Gasteiger partial charge in [0.05, 0.1) is 23.0 Å². The summed E-state index contributed by atoms with van der Waals surface area (Å²) in [5.41, 5.74) is -4.38. The molecule has 2 aromatic rings. The third-order valence-corrected chi connectivity index (χ3v) is 5.04. The van der Waals surface area contributed by atoms with Crippen molar-refractivity contribution in [1.82, 2.24) is 20.2 Å². The lowest BCUT2D eigenvalue weighted by atomic mass is 10.1. The first-order valence-corrected chi connectivity index (χ1v) is 9.68. The zero-order valence-electron chi connectivity index (χ0n) is 15.4. The average molecular weight is 429 g/mol. The molecule has 2 atom stereocenters. The van der Waals surface area contributed by atoms with Crippen LogP contribution in [0.15, 0.2) is 23.1 Å². The lowest BCUT2D eigenvalue weighted by Gasteiger charge is -2.28. The van der Waals surface area contributed by atoms with Gasteiger partial charge >= 0.3 is 5.51 Å². The predicted molar refractivity (Wildman–Crippen MR) is 102 cm³/mol. The van der Waals surface area contributed by atoms with Crippen LogP contribution in [0.4, 0.5) is 23.4 Å². The van der Waals surface area contributed by atoms with E-state index >= 15 is 0 Å². The molecule has 2 unspecified atom stereocenters. The van der Waals surface area contributed by atoms with Crippen LogP contribution in [0.2, 0.25) is 0 Å². The number of hydrogen-bond donors (Lipinski definition) is 3. The molecule has 3 N–H and O–H groups in total. The van der Waals surface area contributed by atoms with Crippen molar-refractivity contribution < 1.29 is 22.4 Å². The summed E-state index contributed by atoms with van der Waals surface area (Å²) in [5.74, 6) is 5.28. The van der Waals surface area contributed by atoms with Crippen molar-refractivity contribution in [2.24, 2.45) is 0 Å². The number of carbonyl (C=O) groups is 1. The molecule has 156 valence electrons. The van der Waals surface area contributed by atoms with Gasteiger partial charge in [-0.05, 0) is 42.8 Å². The van der Waals surface area contributed by atoms with E-state index in [1.807, 2.05) is 0 Å². The van der Waals surface area contributed by atoms with Crippen molar-refractivity contribution in [3.8, 4) is 11.8 Å². The van der Waals surface area contributed by atoms with Gasteiger partial charge in [-0.3, -0.25) is 4.79 Å². The quantitative estimate of drug-likeness (QED) is 0.396. The maximum Gasteiger partial charge on any atom is 0.446 e. The molecule has 1 amide bonds. The Morgan fingerprint density at radius 2 is 2.24 bits per heavy atom. The van der Waals surface area contributed by atoms with E-state index in [1.54, 1.807) is 12.1 Å². The first kappa shape index (κ1) is 21.3. The van der Waals surface area contributed by atoms with Crippen LogP contribution >= 0.6 is 11.8 Å². The number of nitrogens with one attached hydrogen (secondary N) is 3. The highest BCUT2D eigenvalue weighted by molar-refractivity contribution is 8.00. The summed E-state index contributed by atoms with van der Waals surface area (Å²) >= 11 is -0.302. The number of piperidine rings is 1. The van der Waals surface area contributed by atoms with E-state index in [1.165, 1.54) is 17.5 Å². The number of aromatic nitrogens is 2. The van der Waals surface area contributed by atoms with Crippen LogP contribution in [-0.4, -0.2) is 52.9 Å². The van der Waals surface area contributed by atoms with E-state index in [0.717, 1.165) is 0 Å². The Balaban J connectivity index is 1.98. The molecule has 0 aliphatic carbocycles. The minimum Gasteiger partial charge on any atom is -0.364 e. The van der Waals surface area contributed by atoms with Gasteiger partial charge in [-0.25, -0.2) is 8.91 Å². The van der Waals surface area contributed by atoms with Crippen molar-refractivity contribution >= 4 is 29.0 Å². The number of amides is 1. The molecule has 1 fully saturated rings. The summed E-state index contributed by atoms with van der Waals surface area (Å²) in [6.45, 7) is 2.15. The topological polar surface area (TPSA) is 70.5 Å². The second-order valence-corrected chi connectivity index (χ2v) is 7.48. The fourth-order valence-electron chi connectivity index (χ4n) is 2.92. The van der Waals surface area contributed by atoms with Crippen LogP contribution in [0.1, 0.15) is 19.0 Å². The van der Waals surface area contributed by atoms with Crippen LogP contribution in [0.3, 0.4) is 0 Å². The SMILES string of the molecule is CC(=O)NCC#Cc1nn2c(NC3CCNCC3F)cccc2c1SC(F)(F)F. The van der Waals surface area contributed by atoms with Gasteiger partial charge < -0.3 is 16.0 Å². The standard InChI is InChI=1S/C18H19F4N5OS/c1-11(28)24-8-3-4-14-17(29-18(20,21)22)15-5-2-6-16(27(15)26-14)25-13-7-9-23-10-12(13)19/h2,5-6,12-13,23,25H,7-10H2,1H3,(H,24,28). The Labute approximate surface area is 168 Å². The minimum absolute atomic E-state index is 0.0109. The third-order valence-electron chi connectivity index (χ3n) is 4.20. The molecular weight excluding hydrogens is 410 g/mol. The van der Waals surface area contributed by atoms with E-state index in [0.29, 0.717) is 18.8 Å². The summed E-state index contributed by atoms with van der Waals surface area (Å²) in [6, 6.07) is 4.24. The molecule has 0 radical (unpaired) electrons. The fourth-order valence-corrected chi connectivity index (χ4v) is 3.60. The van der Waals surface area contributed by atoms with Gasteiger partial charge in [0.15, 0.2) is 0 Å². The Bertz CT molecular complexity index is 949. The van der Waals surface area contributed by atoms with E-state index in [2.05, 4.69) is 32.9 Å². The molecule has 2 aromatic heterocycles. The van der Waals surface area contributed by atoms with Gasteiger partial charge in [0.1, 0.15) is 17.7 Å². The van der Waals surface area contributed by atoms with Crippen LogP contribution in [0, 0.1) is 11.8 Å². The van der Waals surface area contributed by atoms with Crippen molar-refractivity contribution in [3.05, 3.63) is 23.9 Å². The lowest BCUT2D eigenvalue weighted by molar-refractivity contribution is -0.118. The highest BCUT2D eigenvalue weighted by Crippen LogP contribution is 2.41. The van der Waals surface area contributed by atoms with Crippen molar-refractivity contribution in [3.63, 3.8) is 0 Å². The average Bonchev–Trinajstić information content (AvgIpc) is 2.97. The fraction of sp³-hybridized carbons (Fsp3) is 0.444. The molecule has 0 bridgehead atoms. The Kier molecular flexibility index (Phi) is 6.54. The zero-order valence-corrected chi connectivity index (χ0v) is 16.3. The molecule has 0 aromatic carbocycles. The van der Waals surface area contributed by atoms with Gasteiger partial charge in [0.25, 0.3) is 0 Å². The summed E-state index contributed by atoms with van der Waals surface area (Å²) in [4.78, 5) is 10.8. The molecule has 0 saturated carbocycles. The zero-order chi connectivity index (χ0) is 21.0. The highest BCUT2D eigenvalue weighted by Gasteiger charge is 2.33. The molecule has 1 aliphatic rings. The number of fused-ring (bicyclic) bond motifs is 1. The van der Waals surface area contributed by atoms with Gasteiger partial charge in [-0.2, -0.15) is 18.3 Å². The van der Waals surface area contributed by atoms with Crippen molar-refractivity contribution in [2.75, 3.05) is 25.0 Å². The van der Waals surface area contributed by atoms with E-state index < -0.39 is 17.7 Å². The van der Waals surface area contributed by atoms with Gasteiger partial charge in [-0.15, -0.1) is 0 Å². The van der Waals surface area contributed by atoms with Crippen LogP contribution < -0.4 is 16.0 Å². The molecule has 6 nitrogen and oxygen atoms in total. The van der Waals surface area contributed by atoms with Gasteiger partial charge in [-0.1, -0.05) is 12.0 Å². The molecule has 29 heavy (non-hydrogen) atoms. The predicted octanol–water partition coefficient (Wildman–Crippen LogP) is 2.55. The maximum atomic E-state index is 14.1. The maximum absolute atomic E-state index is 14.1. The number of pyridine rings is 1. The summed E-state index contributed by atoms with van der Waals surface area (Å²) in [6.07, 6.45) is -0.595. The molecule has 1 saturated heterocycles. The molecule has 1 aliphatic heterocycles. The molecule has 0 spiro atoms. The summed E-state index contributed by atoms with van der Waals surface area (Å²) in [5, 5.41) is 12.7. The van der Waals surface area contributed by atoms with E-state index in [9.17, 15) is 22.4 Å². The minimum atomic E-state index is -4.53. The number of rotatable bonds is 4. The van der Waals surface area contributed by atoms with Crippen molar-refractivity contribution in [1.29, 1.82) is 0 Å². The Morgan fingerprint density at radius 1 is 1.45 bits per heavy atom. The van der Waals surface area contributed by atoms with E-state index in [4.69, 9.17) is 0 Å². The Hall–Kier alpha value is -2.45. The van der Waals surface area contributed by atoms with Crippen LogP contribution in [0.5, 0.6) is 0 Å². The first-order valence-electron chi connectivity index (χ1n) is 8.87. The molecule has 11 heteroatoms. The van der Waals surface area contributed by atoms with Crippen LogP contribution in [-0.2, 0) is 4.79 Å². The molecule has 3 rings (SSSR count). The number of anilines is 1. The Morgan fingerprint density at radius 3 is 2.93 bits per heavy atom. The summed E-state index contributed by atoms with van der Waals surface area (Å²) in [7, 11) is 0. The number of alkyl halides is 4. The van der Waals surface area contributed by atoms with Crippen molar-refractivity contribution in [2.45, 2.75) is 36.0 Å². The number of carbonyl (C=O) groups excluding carboxylic acids is 1. The monoisotopic (exact) mass is 429 g/mol. The number of hydrogen-bond acceptors (Lipinski definition) is 5. The van der Waals surface area contributed by atoms with E-state index in [-0.39, 0.29) is 46.9 Å². The third kappa shape index (κ3) is 5.55. The lowest BCUT2D eigenvalue weighted by Crippen LogP contribution is -2.45. The molecular formula is C18H19F4N5OS. The summed E-state index contributed by atoms with van der Waals surface area (Å²) < 4.78 is 54.7. The second-order valence-electron chi connectivity index (χ2n) is 6.40. The van der Waals surface area contributed by atoms with Gasteiger partial charge in [0.2, 0.25) is 5.91 Å². The largest absolute Gasteiger partial charge is 0.446 e. The normalized spacial score (nSPS) is 19.5. The highest BCUT2D eigenvalue weighted by atomic mass is 32.2. The molecule has 3 heterocycles. The smallest absolute Gasteiger partial charge is 0.364 e. The number of thioether (sulfide) groups is 1. The number of nitrogens with zero attached hydrogens (tertiary/aromatic N) is 2. The first-order chi connectivity index (χ1) is 13.7. The number of halogens is 4.